The lowest BCUT2D eigenvalue weighted by atomic mass is 10.1. The molecule has 3 nitrogen and oxygen atoms in total. The zero-order valence-corrected chi connectivity index (χ0v) is 11.4. The van der Waals surface area contributed by atoms with Gasteiger partial charge >= 0.3 is 0 Å². The smallest absolute Gasteiger partial charge is 0.181 e. The molecule has 0 aliphatic carbocycles. The average molecular weight is 270 g/mol. The third kappa shape index (κ3) is 2.69. The van der Waals surface area contributed by atoms with Crippen LogP contribution in [-0.4, -0.2) is 4.98 Å². The molecule has 1 N–H and O–H groups in total. The average Bonchev–Trinajstić information content (AvgIpc) is 3.13. The topological polar surface area (TPSA) is 38.1 Å². The summed E-state index contributed by atoms with van der Waals surface area (Å²) >= 11 is 1.76. The van der Waals surface area contributed by atoms with Crippen LogP contribution in [0.3, 0.4) is 0 Å². The van der Waals surface area contributed by atoms with Crippen LogP contribution in [-0.2, 0) is 0 Å². The summed E-state index contributed by atoms with van der Waals surface area (Å²) in [5.74, 6) is 0.785. The monoisotopic (exact) mass is 270 g/mol. The number of thiophene rings is 1. The summed E-state index contributed by atoms with van der Waals surface area (Å²) in [4.78, 5) is 5.27. The highest BCUT2D eigenvalue weighted by Gasteiger charge is 2.07. The Morgan fingerprint density at radius 3 is 2.95 bits per heavy atom. The molecule has 0 aliphatic rings. The van der Waals surface area contributed by atoms with Crippen molar-refractivity contribution in [3.8, 4) is 11.3 Å². The first-order chi connectivity index (χ1) is 9.33. The summed E-state index contributed by atoms with van der Waals surface area (Å²) in [5, 5.41) is 5.59. The highest BCUT2D eigenvalue weighted by Crippen LogP contribution is 2.26. The molecule has 1 aromatic carbocycles. The van der Waals surface area contributed by atoms with E-state index in [1.54, 1.807) is 17.5 Å². The maximum Gasteiger partial charge on any atom is 0.181 e. The minimum atomic E-state index is 0.296. The molecule has 0 amide bonds. The van der Waals surface area contributed by atoms with Gasteiger partial charge < -0.3 is 9.73 Å². The first-order valence-electron chi connectivity index (χ1n) is 6.12. The maximum atomic E-state index is 5.31. The van der Waals surface area contributed by atoms with Gasteiger partial charge in [0.25, 0.3) is 0 Å². The molecule has 0 saturated heterocycles. The molecule has 4 heteroatoms. The number of nitrogens with zero attached hydrogens (tertiary/aromatic N) is 1. The Morgan fingerprint density at radius 2 is 2.21 bits per heavy atom. The van der Waals surface area contributed by atoms with Gasteiger partial charge in [-0.2, -0.15) is 0 Å². The molecule has 1 atom stereocenters. The molecule has 1 unspecified atom stereocenters. The highest BCUT2D eigenvalue weighted by atomic mass is 32.1. The van der Waals surface area contributed by atoms with Gasteiger partial charge in [0.2, 0.25) is 0 Å². The van der Waals surface area contributed by atoms with Crippen molar-refractivity contribution in [2.45, 2.75) is 13.0 Å². The van der Waals surface area contributed by atoms with E-state index < -0.39 is 0 Å². The van der Waals surface area contributed by atoms with Crippen molar-refractivity contribution in [3.63, 3.8) is 0 Å². The van der Waals surface area contributed by atoms with Crippen molar-refractivity contribution < 1.29 is 4.42 Å². The van der Waals surface area contributed by atoms with Crippen LogP contribution in [0, 0.1) is 0 Å². The third-order valence-corrected chi connectivity index (χ3v) is 3.99. The van der Waals surface area contributed by atoms with Crippen molar-refractivity contribution in [2.75, 3.05) is 5.32 Å². The van der Waals surface area contributed by atoms with Crippen LogP contribution in [0.4, 0.5) is 5.69 Å². The number of anilines is 1. The molecule has 3 aromatic rings. The Labute approximate surface area is 115 Å². The third-order valence-electron chi connectivity index (χ3n) is 2.93. The first kappa shape index (κ1) is 12.0. The summed E-state index contributed by atoms with van der Waals surface area (Å²) in [7, 11) is 0. The van der Waals surface area contributed by atoms with E-state index in [-0.39, 0.29) is 0 Å². The molecule has 0 radical (unpaired) electrons. The number of hydrogen-bond acceptors (Lipinski definition) is 4. The Kier molecular flexibility index (Phi) is 3.33. The van der Waals surface area contributed by atoms with Crippen molar-refractivity contribution in [1.82, 2.24) is 4.98 Å². The van der Waals surface area contributed by atoms with Gasteiger partial charge in [0.15, 0.2) is 12.2 Å². The van der Waals surface area contributed by atoms with Crippen LogP contribution in [0.15, 0.2) is 58.8 Å². The van der Waals surface area contributed by atoms with Crippen molar-refractivity contribution in [1.29, 1.82) is 0 Å². The van der Waals surface area contributed by atoms with E-state index in [0.717, 1.165) is 17.0 Å². The molecular formula is C15H14N2OS. The van der Waals surface area contributed by atoms with Gasteiger partial charge in [-0.1, -0.05) is 18.2 Å². The van der Waals surface area contributed by atoms with E-state index in [4.69, 9.17) is 4.42 Å². The Bertz CT molecular complexity index is 632. The van der Waals surface area contributed by atoms with Gasteiger partial charge in [0, 0.05) is 16.1 Å². The van der Waals surface area contributed by atoms with E-state index in [1.165, 1.54) is 11.3 Å². The highest BCUT2D eigenvalue weighted by molar-refractivity contribution is 7.10. The summed E-state index contributed by atoms with van der Waals surface area (Å²) in [6.45, 7) is 2.16. The van der Waals surface area contributed by atoms with Crippen LogP contribution in [0.1, 0.15) is 17.8 Å². The summed E-state index contributed by atoms with van der Waals surface area (Å²) in [5.41, 5.74) is 2.11. The van der Waals surface area contributed by atoms with Crippen molar-refractivity contribution in [2.24, 2.45) is 0 Å². The normalized spacial score (nSPS) is 12.3. The zero-order chi connectivity index (χ0) is 13.1. The predicted octanol–water partition coefficient (Wildman–Crippen LogP) is 4.58. The lowest BCUT2D eigenvalue weighted by Crippen LogP contribution is -2.04. The van der Waals surface area contributed by atoms with Gasteiger partial charge in [0.05, 0.1) is 12.2 Å². The van der Waals surface area contributed by atoms with E-state index in [1.807, 2.05) is 12.1 Å². The van der Waals surface area contributed by atoms with E-state index in [0.29, 0.717) is 6.04 Å². The molecule has 0 aliphatic heterocycles. The minimum absolute atomic E-state index is 0.296. The molecular weight excluding hydrogens is 256 g/mol. The molecule has 19 heavy (non-hydrogen) atoms. The van der Waals surface area contributed by atoms with Gasteiger partial charge in [-0.25, -0.2) is 4.98 Å². The molecule has 0 spiro atoms. The van der Waals surface area contributed by atoms with Crippen LogP contribution >= 0.6 is 11.3 Å². The zero-order valence-electron chi connectivity index (χ0n) is 10.5. The van der Waals surface area contributed by atoms with Crippen LogP contribution in [0.5, 0.6) is 0 Å². The van der Waals surface area contributed by atoms with Crippen LogP contribution < -0.4 is 5.32 Å². The number of hydrogen-bond donors (Lipinski definition) is 1. The fraction of sp³-hybridized carbons (Fsp3) is 0.133. The van der Waals surface area contributed by atoms with Crippen LogP contribution in [0.25, 0.3) is 11.3 Å². The molecule has 2 aromatic heterocycles. The largest absolute Gasteiger partial charge is 0.444 e. The number of rotatable bonds is 4. The fourth-order valence-electron chi connectivity index (χ4n) is 1.98. The Hall–Kier alpha value is -2.07. The van der Waals surface area contributed by atoms with Crippen molar-refractivity contribution in [3.05, 3.63) is 59.2 Å². The summed E-state index contributed by atoms with van der Waals surface area (Å²) in [6.07, 6.45) is 3.17. The van der Waals surface area contributed by atoms with E-state index in [2.05, 4.69) is 46.9 Å². The molecule has 0 fully saturated rings. The maximum absolute atomic E-state index is 5.31. The molecule has 3 rings (SSSR count). The second-order valence-corrected chi connectivity index (χ2v) is 5.31. The summed E-state index contributed by atoms with van der Waals surface area (Å²) < 4.78 is 5.31. The second-order valence-electron chi connectivity index (χ2n) is 4.33. The van der Waals surface area contributed by atoms with Crippen LogP contribution in [0.2, 0.25) is 0 Å². The number of benzene rings is 1. The minimum Gasteiger partial charge on any atom is -0.444 e. The Balaban J connectivity index is 1.80. The van der Waals surface area contributed by atoms with Crippen molar-refractivity contribution >= 4 is 17.0 Å². The van der Waals surface area contributed by atoms with E-state index >= 15 is 0 Å². The lowest BCUT2D eigenvalue weighted by molar-refractivity contribution is 0.572. The lowest BCUT2D eigenvalue weighted by Gasteiger charge is -2.14. The van der Waals surface area contributed by atoms with Gasteiger partial charge in [-0.15, -0.1) is 11.3 Å². The molecule has 0 bridgehead atoms. The fourth-order valence-corrected chi connectivity index (χ4v) is 2.71. The SMILES string of the molecule is CC(Nc1cccc(-c2cnco2)c1)c1cccs1. The number of nitrogens with one attached hydrogen (secondary N) is 1. The molecule has 0 saturated carbocycles. The van der Waals surface area contributed by atoms with Gasteiger partial charge in [-0.3, -0.25) is 0 Å². The molecule has 96 valence electrons. The number of oxazole rings is 1. The van der Waals surface area contributed by atoms with Gasteiger partial charge in [-0.05, 0) is 30.5 Å². The quantitative estimate of drug-likeness (QED) is 0.754. The van der Waals surface area contributed by atoms with Gasteiger partial charge in [0.1, 0.15) is 0 Å². The predicted molar refractivity (Wildman–Crippen MR) is 78.3 cm³/mol. The Morgan fingerprint density at radius 1 is 1.26 bits per heavy atom. The van der Waals surface area contributed by atoms with E-state index in [9.17, 15) is 0 Å². The number of aromatic nitrogens is 1. The second kappa shape index (κ2) is 5.28. The summed E-state index contributed by atoms with van der Waals surface area (Å²) in [6, 6.07) is 12.7. The first-order valence-corrected chi connectivity index (χ1v) is 7.00. The molecule has 2 heterocycles. The standard InChI is InChI=1S/C15H14N2OS/c1-11(15-6-3-7-19-15)17-13-5-2-4-12(8-13)14-9-16-10-18-14/h2-11,17H,1H3.